The van der Waals surface area contributed by atoms with Crippen molar-refractivity contribution >= 4 is 11.9 Å². The smallest absolute Gasteiger partial charge is 0.319 e. The number of nitrogens with one attached hydrogen (secondary N) is 2. The van der Waals surface area contributed by atoms with Gasteiger partial charge in [-0.15, -0.1) is 0 Å². The van der Waals surface area contributed by atoms with Crippen LogP contribution in [0.1, 0.15) is 36.8 Å². The van der Waals surface area contributed by atoms with E-state index in [1.54, 1.807) is 0 Å². The number of urea groups is 1. The highest BCUT2D eigenvalue weighted by Gasteiger charge is 2.48. The van der Waals surface area contributed by atoms with Gasteiger partial charge in [0.25, 0.3) is 5.91 Å². The second kappa shape index (κ2) is 4.12. The van der Waals surface area contributed by atoms with Crippen molar-refractivity contribution in [2.24, 2.45) is 0 Å². The molecule has 0 aromatic heterocycles. The summed E-state index contributed by atoms with van der Waals surface area (Å²) in [6, 6.07) is 7.56. The van der Waals surface area contributed by atoms with Crippen LogP contribution in [0.4, 0.5) is 4.79 Å². The molecular weight excluding hydrogens is 228 g/mol. The van der Waals surface area contributed by atoms with Gasteiger partial charge in [-0.05, 0) is 30.4 Å². The fraction of sp³-hybridized carbons (Fsp3) is 0.429. The van der Waals surface area contributed by atoms with Crippen molar-refractivity contribution in [1.29, 1.82) is 0 Å². The monoisotopic (exact) mass is 244 g/mol. The van der Waals surface area contributed by atoms with Crippen molar-refractivity contribution in [2.75, 3.05) is 0 Å². The lowest BCUT2D eigenvalue weighted by atomic mass is 9.79. The van der Waals surface area contributed by atoms with E-state index >= 15 is 0 Å². The van der Waals surface area contributed by atoms with E-state index in [0.717, 1.165) is 31.2 Å². The van der Waals surface area contributed by atoms with Crippen LogP contribution in [0.5, 0.6) is 0 Å². The summed E-state index contributed by atoms with van der Waals surface area (Å²) in [5.41, 5.74) is 1.30. The zero-order valence-electron chi connectivity index (χ0n) is 10.2. The Hall–Kier alpha value is -1.84. The standard InChI is InChI=1S/C14H16N2O2/c17-12-14(16-13(18)15-12)9-5-1-2-6-10-7-3-4-8-11(10)14/h3-4,7-8H,1-2,5-6,9H2,(H2,15,16,17,18)/t14-/m1/s1. The number of hydrogen-bond donors (Lipinski definition) is 2. The van der Waals surface area contributed by atoms with E-state index in [2.05, 4.69) is 16.7 Å². The minimum absolute atomic E-state index is 0.207. The molecule has 1 spiro atoms. The molecule has 4 heteroatoms. The third kappa shape index (κ3) is 1.60. The average molecular weight is 244 g/mol. The molecule has 0 bridgehead atoms. The second-order valence-corrected chi connectivity index (χ2v) is 5.03. The van der Waals surface area contributed by atoms with Crippen LogP contribution in [0.2, 0.25) is 0 Å². The van der Waals surface area contributed by atoms with Crippen molar-refractivity contribution in [1.82, 2.24) is 10.6 Å². The Bertz CT molecular complexity index is 512. The molecule has 1 fully saturated rings. The first-order chi connectivity index (χ1) is 8.72. The molecule has 0 unspecified atom stereocenters. The number of carbonyl (C=O) groups is 2. The summed E-state index contributed by atoms with van der Waals surface area (Å²) in [6.45, 7) is 0. The fourth-order valence-corrected chi connectivity index (χ4v) is 3.03. The number of carbonyl (C=O) groups excluding carboxylic acids is 2. The van der Waals surface area contributed by atoms with Gasteiger partial charge in [0.05, 0.1) is 0 Å². The Morgan fingerprint density at radius 1 is 1.06 bits per heavy atom. The Morgan fingerprint density at radius 3 is 2.67 bits per heavy atom. The SMILES string of the molecule is O=C1NC(=O)[C@]2(CCCCCc3ccccc32)N1. The predicted octanol–water partition coefficient (Wildman–Crippen LogP) is 1.84. The summed E-state index contributed by atoms with van der Waals surface area (Å²) in [5.74, 6) is -0.207. The molecule has 1 saturated heterocycles. The summed E-state index contributed by atoms with van der Waals surface area (Å²) >= 11 is 0. The third-order valence-corrected chi connectivity index (χ3v) is 3.92. The summed E-state index contributed by atoms with van der Waals surface area (Å²) in [7, 11) is 0. The van der Waals surface area contributed by atoms with Gasteiger partial charge in [-0.1, -0.05) is 37.1 Å². The third-order valence-electron chi connectivity index (χ3n) is 3.92. The van der Waals surface area contributed by atoms with Crippen molar-refractivity contribution in [3.05, 3.63) is 35.4 Å². The topological polar surface area (TPSA) is 58.2 Å². The van der Waals surface area contributed by atoms with Crippen LogP contribution in [0.25, 0.3) is 0 Å². The zero-order chi connectivity index (χ0) is 12.6. The van der Waals surface area contributed by atoms with Crippen LogP contribution in [-0.2, 0) is 16.8 Å². The van der Waals surface area contributed by atoms with Crippen molar-refractivity contribution in [2.45, 2.75) is 37.6 Å². The Morgan fingerprint density at radius 2 is 1.89 bits per heavy atom. The quantitative estimate of drug-likeness (QED) is 0.684. The summed E-state index contributed by atoms with van der Waals surface area (Å²) in [6.07, 6.45) is 4.85. The minimum Gasteiger partial charge on any atom is -0.319 e. The lowest BCUT2D eigenvalue weighted by Gasteiger charge is -2.30. The van der Waals surface area contributed by atoms with Crippen molar-refractivity contribution < 1.29 is 9.59 Å². The number of hydrogen-bond acceptors (Lipinski definition) is 2. The van der Waals surface area contributed by atoms with Crippen LogP contribution in [-0.4, -0.2) is 11.9 Å². The van der Waals surface area contributed by atoms with Gasteiger partial charge in [-0.25, -0.2) is 4.79 Å². The first-order valence-electron chi connectivity index (χ1n) is 6.44. The second-order valence-electron chi connectivity index (χ2n) is 5.03. The number of imide groups is 1. The van der Waals surface area contributed by atoms with Crippen LogP contribution in [0.15, 0.2) is 24.3 Å². The fourth-order valence-electron chi connectivity index (χ4n) is 3.03. The van der Waals surface area contributed by atoms with Gasteiger partial charge in [0.1, 0.15) is 5.54 Å². The molecule has 3 rings (SSSR count). The van der Waals surface area contributed by atoms with Gasteiger partial charge >= 0.3 is 6.03 Å². The molecule has 1 aliphatic heterocycles. The summed E-state index contributed by atoms with van der Waals surface area (Å²) in [4.78, 5) is 23.7. The molecule has 94 valence electrons. The highest BCUT2D eigenvalue weighted by Crippen LogP contribution is 2.35. The summed E-state index contributed by atoms with van der Waals surface area (Å²) < 4.78 is 0. The Labute approximate surface area is 106 Å². The molecule has 1 heterocycles. The molecule has 1 aromatic carbocycles. The first-order valence-corrected chi connectivity index (χ1v) is 6.44. The Kier molecular flexibility index (Phi) is 2.58. The average Bonchev–Trinajstić information content (AvgIpc) is 2.63. The first kappa shape index (κ1) is 11.3. The number of rotatable bonds is 0. The number of amides is 3. The molecule has 0 saturated carbocycles. The molecule has 4 nitrogen and oxygen atoms in total. The molecular formula is C14H16N2O2. The molecule has 0 radical (unpaired) electrons. The van der Waals surface area contributed by atoms with E-state index in [0.29, 0.717) is 6.42 Å². The maximum absolute atomic E-state index is 12.2. The van der Waals surface area contributed by atoms with Crippen LogP contribution in [0.3, 0.4) is 0 Å². The molecule has 18 heavy (non-hydrogen) atoms. The highest BCUT2D eigenvalue weighted by atomic mass is 16.2. The van der Waals surface area contributed by atoms with E-state index in [1.807, 2.05) is 18.2 Å². The molecule has 2 aliphatic rings. The highest BCUT2D eigenvalue weighted by molar-refractivity contribution is 6.07. The van der Waals surface area contributed by atoms with Gasteiger partial charge < -0.3 is 5.32 Å². The zero-order valence-corrected chi connectivity index (χ0v) is 10.2. The number of fused-ring (bicyclic) bond motifs is 2. The maximum Gasteiger partial charge on any atom is 0.322 e. The molecule has 2 N–H and O–H groups in total. The van der Waals surface area contributed by atoms with E-state index in [1.165, 1.54) is 5.56 Å². The largest absolute Gasteiger partial charge is 0.322 e. The van der Waals surface area contributed by atoms with Crippen molar-refractivity contribution in [3.63, 3.8) is 0 Å². The molecule has 3 amide bonds. The van der Waals surface area contributed by atoms with E-state index < -0.39 is 5.54 Å². The van der Waals surface area contributed by atoms with Gasteiger partial charge in [0.2, 0.25) is 0 Å². The molecule has 1 atom stereocenters. The van der Waals surface area contributed by atoms with Crippen LogP contribution < -0.4 is 10.6 Å². The van der Waals surface area contributed by atoms with E-state index in [-0.39, 0.29) is 11.9 Å². The predicted molar refractivity (Wildman–Crippen MR) is 67.0 cm³/mol. The van der Waals surface area contributed by atoms with E-state index in [4.69, 9.17) is 0 Å². The van der Waals surface area contributed by atoms with Crippen molar-refractivity contribution in [3.8, 4) is 0 Å². The minimum atomic E-state index is -0.839. The van der Waals surface area contributed by atoms with Gasteiger partial charge in [0, 0.05) is 0 Å². The van der Waals surface area contributed by atoms with Gasteiger partial charge in [0.15, 0.2) is 0 Å². The van der Waals surface area contributed by atoms with E-state index in [9.17, 15) is 9.59 Å². The number of benzene rings is 1. The molecule has 1 aromatic rings. The molecule has 1 aliphatic carbocycles. The Balaban J connectivity index is 2.14. The van der Waals surface area contributed by atoms with Gasteiger partial charge in [-0.2, -0.15) is 0 Å². The maximum atomic E-state index is 12.2. The normalized spacial score (nSPS) is 27.1. The lowest BCUT2D eigenvalue weighted by molar-refractivity contribution is -0.124. The van der Waals surface area contributed by atoms with Crippen LogP contribution in [0, 0.1) is 0 Å². The van der Waals surface area contributed by atoms with Crippen LogP contribution >= 0.6 is 0 Å². The summed E-state index contributed by atoms with van der Waals surface area (Å²) in [5, 5.41) is 5.22. The lowest BCUT2D eigenvalue weighted by Crippen LogP contribution is -2.45. The number of aryl methyl sites for hydroxylation is 1. The van der Waals surface area contributed by atoms with Gasteiger partial charge in [-0.3, -0.25) is 10.1 Å².